The van der Waals surface area contributed by atoms with Gasteiger partial charge in [-0.1, -0.05) is 6.07 Å². The molecule has 2 rings (SSSR count). The van der Waals surface area contributed by atoms with Gasteiger partial charge in [-0.15, -0.1) is 11.3 Å². The van der Waals surface area contributed by atoms with Gasteiger partial charge in [-0.05, 0) is 11.6 Å². The second kappa shape index (κ2) is 7.02. The Morgan fingerprint density at radius 2 is 2.40 bits per heavy atom. The summed E-state index contributed by atoms with van der Waals surface area (Å²) in [6, 6.07) is 5.44. The van der Waals surface area contributed by atoms with Gasteiger partial charge in [0.25, 0.3) is 5.91 Å². The molecule has 0 saturated carbocycles. The van der Waals surface area contributed by atoms with Crippen LogP contribution in [0.3, 0.4) is 0 Å². The zero-order valence-electron chi connectivity index (χ0n) is 11.2. The molecule has 5 nitrogen and oxygen atoms in total. The molecule has 0 aliphatic carbocycles. The number of carbonyl (C=O) groups is 1. The minimum absolute atomic E-state index is 0.0749. The monoisotopic (exact) mass is 292 g/mol. The van der Waals surface area contributed by atoms with Gasteiger partial charge in [0.2, 0.25) is 0 Å². The van der Waals surface area contributed by atoms with E-state index in [-0.39, 0.29) is 19.1 Å². The summed E-state index contributed by atoms with van der Waals surface area (Å²) in [6.45, 7) is 0.635. The smallest absolute Gasteiger partial charge is 0.264 e. The fourth-order valence-electron chi connectivity index (χ4n) is 1.78. The van der Waals surface area contributed by atoms with Gasteiger partial charge in [0, 0.05) is 36.9 Å². The molecule has 2 heterocycles. The molecule has 0 unspecified atom stereocenters. The largest absolute Gasteiger partial charge is 0.496 e. The molecule has 20 heavy (non-hydrogen) atoms. The van der Waals surface area contributed by atoms with Crippen molar-refractivity contribution in [1.29, 1.82) is 0 Å². The van der Waals surface area contributed by atoms with Crippen LogP contribution in [0.25, 0.3) is 0 Å². The third-order valence-electron chi connectivity index (χ3n) is 2.78. The molecule has 2 aromatic heterocycles. The normalized spacial score (nSPS) is 10.3. The minimum Gasteiger partial charge on any atom is -0.496 e. The Hall–Kier alpha value is -1.92. The lowest BCUT2D eigenvalue weighted by molar-refractivity contribution is 0.0712. The summed E-state index contributed by atoms with van der Waals surface area (Å²) in [7, 11) is 1.57. The maximum absolute atomic E-state index is 12.4. The van der Waals surface area contributed by atoms with Crippen molar-refractivity contribution in [2.45, 2.75) is 6.54 Å². The molecular weight excluding hydrogens is 276 g/mol. The minimum atomic E-state index is -0.115. The molecule has 0 saturated heterocycles. The molecule has 2 aromatic rings. The number of aliphatic hydroxyl groups is 1. The van der Waals surface area contributed by atoms with E-state index in [4.69, 9.17) is 9.84 Å². The Morgan fingerprint density at radius 1 is 1.55 bits per heavy atom. The summed E-state index contributed by atoms with van der Waals surface area (Å²) >= 11 is 1.33. The van der Waals surface area contributed by atoms with E-state index in [2.05, 4.69) is 4.98 Å². The number of methoxy groups -OCH3 is 1. The Labute approximate surface area is 121 Å². The van der Waals surface area contributed by atoms with Gasteiger partial charge in [-0.25, -0.2) is 0 Å². The number of aliphatic hydroxyl groups excluding tert-OH is 1. The van der Waals surface area contributed by atoms with E-state index in [9.17, 15) is 4.79 Å². The van der Waals surface area contributed by atoms with Gasteiger partial charge in [0.1, 0.15) is 5.75 Å². The van der Waals surface area contributed by atoms with Crippen LogP contribution in [-0.2, 0) is 6.54 Å². The second-order valence-corrected chi connectivity index (χ2v) is 5.07. The molecule has 1 amide bonds. The Morgan fingerprint density at radius 3 is 3.00 bits per heavy atom. The van der Waals surface area contributed by atoms with Crippen LogP contribution in [-0.4, -0.2) is 41.2 Å². The molecule has 0 fully saturated rings. The van der Waals surface area contributed by atoms with Gasteiger partial charge < -0.3 is 14.7 Å². The zero-order chi connectivity index (χ0) is 14.4. The number of aromatic nitrogens is 1. The summed E-state index contributed by atoms with van der Waals surface area (Å²) in [4.78, 5) is 18.6. The van der Waals surface area contributed by atoms with Crippen LogP contribution < -0.4 is 4.74 Å². The zero-order valence-corrected chi connectivity index (χ0v) is 12.0. The van der Waals surface area contributed by atoms with Crippen LogP contribution in [0.1, 0.15) is 15.2 Å². The molecular formula is C14H16N2O3S. The van der Waals surface area contributed by atoms with Gasteiger partial charge in [0.15, 0.2) is 0 Å². The van der Waals surface area contributed by atoms with E-state index in [1.165, 1.54) is 11.3 Å². The van der Waals surface area contributed by atoms with E-state index in [0.717, 1.165) is 5.56 Å². The Kier molecular flexibility index (Phi) is 5.09. The molecule has 0 radical (unpaired) electrons. The van der Waals surface area contributed by atoms with Crippen LogP contribution >= 0.6 is 11.3 Å². The van der Waals surface area contributed by atoms with E-state index < -0.39 is 0 Å². The number of nitrogens with zero attached hydrogens (tertiary/aromatic N) is 2. The predicted molar refractivity (Wildman–Crippen MR) is 76.9 cm³/mol. The lowest BCUT2D eigenvalue weighted by atomic mass is 10.2. The van der Waals surface area contributed by atoms with Crippen molar-refractivity contribution in [3.8, 4) is 5.75 Å². The molecule has 1 N–H and O–H groups in total. The maximum atomic E-state index is 12.4. The number of pyridine rings is 1. The van der Waals surface area contributed by atoms with Crippen LogP contribution in [0.15, 0.2) is 36.0 Å². The number of carbonyl (C=O) groups excluding carboxylic acids is 1. The van der Waals surface area contributed by atoms with Crippen LogP contribution in [0.2, 0.25) is 0 Å². The Balaban J connectivity index is 2.13. The quantitative estimate of drug-likeness (QED) is 0.881. The first-order valence-electron chi connectivity index (χ1n) is 6.16. The highest BCUT2D eigenvalue weighted by Crippen LogP contribution is 2.23. The second-order valence-electron chi connectivity index (χ2n) is 4.16. The molecule has 0 aliphatic heterocycles. The first kappa shape index (κ1) is 14.5. The van der Waals surface area contributed by atoms with E-state index >= 15 is 0 Å². The number of ether oxygens (including phenoxy) is 1. The van der Waals surface area contributed by atoms with Crippen molar-refractivity contribution in [2.75, 3.05) is 20.3 Å². The van der Waals surface area contributed by atoms with E-state index in [1.807, 2.05) is 12.1 Å². The van der Waals surface area contributed by atoms with Crippen molar-refractivity contribution in [1.82, 2.24) is 9.88 Å². The highest BCUT2D eigenvalue weighted by atomic mass is 32.1. The fraction of sp³-hybridized carbons (Fsp3) is 0.286. The lowest BCUT2D eigenvalue weighted by Gasteiger charge is -2.20. The number of amides is 1. The maximum Gasteiger partial charge on any atom is 0.264 e. The first-order chi connectivity index (χ1) is 9.74. The van der Waals surface area contributed by atoms with Crippen molar-refractivity contribution in [2.24, 2.45) is 0 Å². The van der Waals surface area contributed by atoms with Gasteiger partial charge >= 0.3 is 0 Å². The summed E-state index contributed by atoms with van der Waals surface area (Å²) in [5, 5.41) is 10.9. The topological polar surface area (TPSA) is 62.7 Å². The number of hydrogen-bond donors (Lipinski definition) is 1. The van der Waals surface area contributed by atoms with Gasteiger partial charge in [-0.2, -0.15) is 0 Å². The van der Waals surface area contributed by atoms with Crippen molar-refractivity contribution < 1.29 is 14.6 Å². The van der Waals surface area contributed by atoms with Crippen molar-refractivity contribution >= 4 is 17.2 Å². The average Bonchev–Trinajstić information content (AvgIpc) is 2.96. The molecule has 6 heteroatoms. The molecule has 0 atom stereocenters. The Bertz CT molecular complexity index is 557. The fourth-order valence-corrected chi connectivity index (χ4v) is 2.60. The summed E-state index contributed by atoms with van der Waals surface area (Å²) < 4.78 is 5.08. The molecule has 0 aromatic carbocycles. The summed E-state index contributed by atoms with van der Waals surface area (Å²) in [5.41, 5.74) is 0.929. The van der Waals surface area contributed by atoms with Gasteiger partial charge in [-0.3, -0.25) is 9.78 Å². The summed E-state index contributed by atoms with van der Waals surface area (Å²) in [5.74, 6) is 0.555. The van der Waals surface area contributed by atoms with E-state index in [0.29, 0.717) is 17.2 Å². The number of hydrogen-bond acceptors (Lipinski definition) is 5. The van der Waals surface area contributed by atoms with Crippen LogP contribution in [0, 0.1) is 0 Å². The standard InChI is InChI=1S/C14H16N2O3S/c1-19-12-7-13(20-10-12)14(18)16(5-6-17)9-11-3-2-4-15-8-11/h2-4,7-8,10,17H,5-6,9H2,1H3. The highest BCUT2D eigenvalue weighted by molar-refractivity contribution is 7.12. The molecule has 0 spiro atoms. The average molecular weight is 292 g/mol. The first-order valence-corrected chi connectivity index (χ1v) is 7.04. The number of thiophene rings is 1. The molecule has 0 aliphatic rings. The highest BCUT2D eigenvalue weighted by Gasteiger charge is 2.18. The third-order valence-corrected chi connectivity index (χ3v) is 3.67. The predicted octanol–water partition coefficient (Wildman–Crippen LogP) is 1.79. The summed E-state index contributed by atoms with van der Waals surface area (Å²) in [6.07, 6.45) is 3.40. The molecule has 106 valence electrons. The van der Waals surface area contributed by atoms with Crippen molar-refractivity contribution in [3.63, 3.8) is 0 Å². The van der Waals surface area contributed by atoms with Crippen LogP contribution in [0.4, 0.5) is 0 Å². The lowest BCUT2D eigenvalue weighted by Crippen LogP contribution is -2.32. The van der Waals surface area contributed by atoms with Gasteiger partial charge in [0.05, 0.1) is 18.6 Å². The van der Waals surface area contributed by atoms with Crippen molar-refractivity contribution in [3.05, 3.63) is 46.4 Å². The number of rotatable bonds is 6. The third kappa shape index (κ3) is 3.55. The SMILES string of the molecule is COc1csc(C(=O)N(CCO)Cc2cccnc2)c1. The molecule has 0 bridgehead atoms. The van der Waals surface area contributed by atoms with E-state index in [1.54, 1.807) is 35.8 Å². The van der Waals surface area contributed by atoms with Crippen LogP contribution in [0.5, 0.6) is 5.75 Å².